The summed E-state index contributed by atoms with van der Waals surface area (Å²) >= 11 is 0. The zero-order chi connectivity index (χ0) is 13.1. The third-order valence-corrected chi connectivity index (χ3v) is 4.27. The monoisotopic (exact) mass is 258 g/mol. The Morgan fingerprint density at radius 3 is 2.16 bits per heavy atom. The quantitative estimate of drug-likeness (QED) is 0.825. The van der Waals surface area contributed by atoms with Gasteiger partial charge in [0.1, 0.15) is 0 Å². The van der Waals surface area contributed by atoms with Gasteiger partial charge in [-0.3, -0.25) is 0 Å². The minimum absolute atomic E-state index is 0.139. The Balaban J connectivity index is 1.56. The van der Waals surface area contributed by atoms with Crippen LogP contribution >= 0.6 is 0 Å². The normalized spacial score (nSPS) is 19.9. The van der Waals surface area contributed by atoms with Gasteiger partial charge in [-0.05, 0) is 36.8 Å². The maximum absolute atomic E-state index is 12.3. The molecule has 3 rings (SSSR count). The summed E-state index contributed by atoms with van der Waals surface area (Å²) in [6, 6.07) is 8.93. The number of likely N-dealkylation sites (tertiary alicyclic amines) is 1. The third kappa shape index (κ3) is 2.91. The summed E-state index contributed by atoms with van der Waals surface area (Å²) < 4.78 is 0. The molecule has 1 aromatic rings. The highest BCUT2D eigenvalue weighted by Gasteiger charge is 2.24. The van der Waals surface area contributed by atoms with Gasteiger partial charge in [-0.2, -0.15) is 0 Å². The van der Waals surface area contributed by atoms with Gasteiger partial charge in [-0.25, -0.2) is 4.79 Å². The smallest absolute Gasteiger partial charge is 0.317 e. The molecule has 3 nitrogen and oxygen atoms in total. The van der Waals surface area contributed by atoms with E-state index in [2.05, 4.69) is 29.6 Å². The number of fused-ring (bicyclic) bond motifs is 1. The Hall–Kier alpha value is -1.51. The maximum atomic E-state index is 12.3. The molecule has 0 aromatic heterocycles. The Bertz CT molecular complexity index is 425. The lowest BCUT2D eigenvalue weighted by Gasteiger charge is -2.23. The Labute approximate surface area is 115 Å². The van der Waals surface area contributed by atoms with Crippen molar-refractivity contribution in [2.45, 2.75) is 44.6 Å². The van der Waals surface area contributed by atoms with Crippen LogP contribution in [0, 0.1) is 0 Å². The molecule has 1 N–H and O–H groups in total. The van der Waals surface area contributed by atoms with E-state index in [1.54, 1.807) is 0 Å². The highest BCUT2D eigenvalue weighted by atomic mass is 16.2. The first kappa shape index (κ1) is 12.5. The molecule has 1 aromatic carbocycles. The molecule has 0 radical (unpaired) electrons. The van der Waals surface area contributed by atoms with Crippen molar-refractivity contribution in [3.05, 3.63) is 35.4 Å². The van der Waals surface area contributed by atoms with Crippen molar-refractivity contribution < 1.29 is 4.79 Å². The Morgan fingerprint density at radius 2 is 1.58 bits per heavy atom. The Kier molecular flexibility index (Phi) is 3.72. The van der Waals surface area contributed by atoms with Gasteiger partial charge in [0.2, 0.25) is 0 Å². The second kappa shape index (κ2) is 5.64. The first-order valence-corrected chi connectivity index (χ1v) is 7.45. The SMILES string of the molecule is O=C(NC1Cc2ccccc2C1)N1CCCCCC1. The van der Waals surface area contributed by atoms with E-state index in [9.17, 15) is 4.79 Å². The summed E-state index contributed by atoms with van der Waals surface area (Å²) in [5.41, 5.74) is 2.78. The van der Waals surface area contributed by atoms with Crippen molar-refractivity contribution >= 4 is 6.03 Å². The van der Waals surface area contributed by atoms with Crippen LogP contribution in [-0.4, -0.2) is 30.1 Å². The number of hydrogen-bond acceptors (Lipinski definition) is 1. The number of benzene rings is 1. The lowest BCUT2D eigenvalue weighted by atomic mass is 10.1. The highest BCUT2D eigenvalue weighted by molar-refractivity contribution is 5.74. The van der Waals surface area contributed by atoms with Crippen LogP contribution in [0.25, 0.3) is 0 Å². The van der Waals surface area contributed by atoms with Gasteiger partial charge < -0.3 is 10.2 Å². The van der Waals surface area contributed by atoms with E-state index in [0.717, 1.165) is 38.8 Å². The van der Waals surface area contributed by atoms with Crippen LogP contribution in [0.4, 0.5) is 4.79 Å². The Morgan fingerprint density at radius 1 is 1.00 bits per heavy atom. The number of carbonyl (C=O) groups excluding carboxylic acids is 1. The summed E-state index contributed by atoms with van der Waals surface area (Å²) in [7, 11) is 0. The third-order valence-electron chi connectivity index (χ3n) is 4.27. The van der Waals surface area contributed by atoms with Gasteiger partial charge in [0.15, 0.2) is 0 Å². The summed E-state index contributed by atoms with van der Waals surface area (Å²) in [5, 5.41) is 3.21. The minimum Gasteiger partial charge on any atom is -0.335 e. The predicted molar refractivity (Wildman–Crippen MR) is 76.2 cm³/mol. The van der Waals surface area contributed by atoms with E-state index >= 15 is 0 Å². The highest BCUT2D eigenvalue weighted by Crippen LogP contribution is 2.22. The van der Waals surface area contributed by atoms with Gasteiger partial charge >= 0.3 is 6.03 Å². The largest absolute Gasteiger partial charge is 0.335 e. The van der Waals surface area contributed by atoms with Gasteiger partial charge in [0, 0.05) is 19.1 Å². The van der Waals surface area contributed by atoms with Crippen LogP contribution in [0.2, 0.25) is 0 Å². The van der Waals surface area contributed by atoms with E-state index in [0.29, 0.717) is 0 Å². The molecular weight excluding hydrogens is 236 g/mol. The fraction of sp³-hybridized carbons (Fsp3) is 0.562. The first-order valence-electron chi connectivity index (χ1n) is 7.45. The van der Waals surface area contributed by atoms with Crippen LogP contribution in [0.15, 0.2) is 24.3 Å². The topological polar surface area (TPSA) is 32.3 Å². The summed E-state index contributed by atoms with van der Waals surface area (Å²) in [6.07, 6.45) is 6.79. The summed E-state index contributed by atoms with van der Waals surface area (Å²) in [5.74, 6) is 0. The predicted octanol–water partition coefficient (Wildman–Crippen LogP) is 2.74. The van der Waals surface area contributed by atoms with Crippen LogP contribution in [0.1, 0.15) is 36.8 Å². The van der Waals surface area contributed by atoms with Gasteiger partial charge in [-0.1, -0.05) is 37.1 Å². The summed E-state index contributed by atoms with van der Waals surface area (Å²) in [4.78, 5) is 14.3. The number of hydrogen-bond donors (Lipinski definition) is 1. The molecule has 2 amide bonds. The molecule has 1 aliphatic carbocycles. The van der Waals surface area contributed by atoms with Crippen LogP contribution in [-0.2, 0) is 12.8 Å². The van der Waals surface area contributed by atoms with Crippen molar-refractivity contribution in [3.63, 3.8) is 0 Å². The lowest BCUT2D eigenvalue weighted by molar-refractivity contribution is 0.196. The fourth-order valence-electron chi connectivity index (χ4n) is 3.20. The van der Waals surface area contributed by atoms with E-state index in [1.807, 2.05) is 4.90 Å². The number of urea groups is 1. The maximum Gasteiger partial charge on any atom is 0.317 e. The molecule has 0 bridgehead atoms. The molecule has 1 fully saturated rings. The average molecular weight is 258 g/mol. The first-order chi connectivity index (χ1) is 9.33. The second-order valence-corrected chi connectivity index (χ2v) is 5.72. The molecule has 19 heavy (non-hydrogen) atoms. The van der Waals surface area contributed by atoms with Gasteiger partial charge in [0.05, 0.1) is 0 Å². The molecule has 0 spiro atoms. The molecule has 1 heterocycles. The number of nitrogens with zero attached hydrogens (tertiary/aromatic N) is 1. The minimum atomic E-state index is 0.139. The van der Waals surface area contributed by atoms with E-state index in [4.69, 9.17) is 0 Å². The molecule has 0 atom stereocenters. The van der Waals surface area contributed by atoms with Crippen molar-refractivity contribution in [2.75, 3.05) is 13.1 Å². The molecule has 1 aliphatic heterocycles. The van der Waals surface area contributed by atoms with Crippen molar-refractivity contribution in [3.8, 4) is 0 Å². The second-order valence-electron chi connectivity index (χ2n) is 5.72. The van der Waals surface area contributed by atoms with E-state index < -0.39 is 0 Å². The van der Waals surface area contributed by atoms with Crippen molar-refractivity contribution in [2.24, 2.45) is 0 Å². The molecule has 3 heteroatoms. The van der Waals surface area contributed by atoms with E-state index in [-0.39, 0.29) is 12.1 Å². The summed E-state index contributed by atoms with van der Waals surface area (Å²) in [6.45, 7) is 1.84. The average Bonchev–Trinajstić information content (AvgIpc) is 2.63. The standard InChI is InChI=1S/C16H22N2O/c19-16(18-9-5-1-2-6-10-18)17-15-11-13-7-3-4-8-14(13)12-15/h3-4,7-8,15H,1-2,5-6,9-12H2,(H,17,19). The van der Waals surface area contributed by atoms with Crippen LogP contribution < -0.4 is 5.32 Å². The fourth-order valence-corrected chi connectivity index (χ4v) is 3.20. The number of nitrogens with one attached hydrogen (secondary N) is 1. The van der Waals surface area contributed by atoms with Crippen LogP contribution in [0.3, 0.4) is 0 Å². The van der Waals surface area contributed by atoms with Crippen molar-refractivity contribution in [1.29, 1.82) is 0 Å². The molecular formula is C16H22N2O. The molecule has 0 unspecified atom stereocenters. The zero-order valence-electron chi connectivity index (χ0n) is 11.4. The zero-order valence-corrected chi connectivity index (χ0v) is 11.4. The molecule has 1 saturated heterocycles. The molecule has 102 valence electrons. The van der Waals surface area contributed by atoms with Gasteiger partial charge in [0.25, 0.3) is 0 Å². The van der Waals surface area contributed by atoms with Crippen molar-refractivity contribution in [1.82, 2.24) is 10.2 Å². The lowest BCUT2D eigenvalue weighted by Crippen LogP contribution is -2.45. The van der Waals surface area contributed by atoms with Gasteiger partial charge in [-0.15, -0.1) is 0 Å². The molecule has 0 saturated carbocycles. The van der Waals surface area contributed by atoms with E-state index in [1.165, 1.54) is 24.0 Å². The number of carbonyl (C=O) groups is 1. The number of rotatable bonds is 1. The molecule has 2 aliphatic rings. The number of amides is 2. The van der Waals surface area contributed by atoms with Crippen LogP contribution in [0.5, 0.6) is 0 Å².